The van der Waals surface area contributed by atoms with Crippen molar-refractivity contribution >= 4 is 10.9 Å². The Kier molecular flexibility index (Phi) is 5.34. The van der Waals surface area contributed by atoms with Gasteiger partial charge in [0.25, 0.3) is 0 Å². The summed E-state index contributed by atoms with van der Waals surface area (Å²) < 4.78 is 22.2. The summed E-state index contributed by atoms with van der Waals surface area (Å²) in [7, 11) is 4.11. The largest absolute Gasteiger partial charge is 0.488 e. The fourth-order valence-electron chi connectivity index (χ4n) is 2.99. The third-order valence-electron chi connectivity index (χ3n) is 4.30. The quantitative estimate of drug-likeness (QED) is 0.653. The molecule has 132 valence electrons. The molecule has 0 saturated carbocycles. The van der Waals surface area contributed by atoms with E-state index in [9.17, 15) is 4.39 Å². The molecule has 0 amide bonds. The first-order chi connectivity index (χ1) is 12.1. The van der Waals surface area contributed by atoms with Crippen molar-refractivity contribution in [1.29, 1.82) is 0 Å². The van der Waals surface area contributed by atoms with Gasteiger partial charge in [0.05, 0.1) is 5.52 Å². The van der Waals surface area contributed by atoms with Gasteiger partial charge >= 0.3 is 0 Å². The molecule has 0 aliphatic heterocycles. The summed E-state index contributed by atoms with van der Waals surface area (Å²) >= 11 is 0. The maximum atomic E-state index is 14.2. The predicted octanol–water partition coefficient (Wildman–Crippen LogP) is 3.88. The Bertz CT molecular complexity index is 843. The van der Waals surface area contributed by atoms with E-state index in [1.54, 1.807) is 18.5 Å². The number of hydrogen-bond acceptors (Lipinski definition) is 3. The zero-order chi connectivity index (χ0) is 17.8. The SMILES string of the molecule is CCn1cc(CCN(C)C)c2c(OCc3ccncc3)cc(F)cc21. The van der Waals surface area contributed by atoms with Gasteiger partial charge in [-0.15, -0.1) is 0 Å². The molecule has 3 rings (SSSR count). The molecule has 3 aromatic rings. The summed E-state index contributed by atoms with van der Waals surface area (Å²) in [5, 5.41) is 1.01. The van der Waals surface area contributed by atoms with E-state index < -0.39 is 0 Å². The molecule has 0 saturated heterocycles. The Hall–Kier alpha value is -2.40. The number of nitrogens with zero attached hydrogens (tertiary/aromatic N) is 3. The minimum absolute atomic E-state index is 0.274. The molecule has 25 heavy (non-hydrogen) atoms. The monoisotopic (exact) mass is 341 g/mol. The number of rotatable bonds is 7. The predicted molar refractivity (Wildman–Crippen MR) is 98.4 cm³/mol. The molecule has 4 nitrogen and oxygen atoms in total. The van der Waals surface area contributed by atoms with Crippen LogP contribution < -0.4 is 4.74 Å². The molecule has 1 aromatic carbocycles. The van der Waals surface area contributed by atoms with Crippen molar-refractivity contribution in [2.24, 2.45) is 0 Å². The van der Waals surface area contributed by atoms with Gasteiger partial charge < -0.3 is 14.2 Å². The summed E-state index contributed by atoms with van der Waals surface area (Å²) in [4.78, 5) is 6.16. The standard InChI is InChI=1S/C20H24FN3O/c1-4-24-13-16(7-10-23(2)3)20-18(24)11-17(21)12-19(20)25-14-15-5-8-22-9-6-15/h5-6,8-9,11-13H,4,7,10,14H2,1-3H3. The lowest BCUT2D eigenvalue weighted by Crippen LogP contribution is -2.15. The fourth-order valence-corrected chi connectivity index (χ4v) is 2.99. The molecule has 2 heterocycles. The molecule has 5 heteroatoms. The minimum atomic E-state index is -0.274. The van der Waals surface area contributed by atoms with Crippen LogP contribution in [0.4, 0.5) is 4.39 Å². The van der Waals surface area contributed by atoms with Gasteiger partial charge in [0.2, 0.25) is 0 Å². The van der Waals surface area contributed by atoms with Crippen LogP contribution in [-0.4, -0.2) is 35.1 Å². The molecular weight excluding hydrogens is 317 g/mol. The fraction of sp³-hybridized carbons (Fsp3) is 0.350. The molecule has 0 fully saturated rings. The zero-order valence-corrected chi connectivity index (χ0v) is 15.0. The maximum Gasteiger partial charge on any atom is 0.132 e. The van der Waals surface area contributed by atoms with E-state index in [2.05, 4.69) is 41.7 Å². The summed E-state index contributed by atoms with van der Waals surface area (Å²) in [5.74, 6) is 0.331. The molecule has 0 bridgehead atoms. The highest BCUT2D eigenvalue weighted by Gasteiger charge is 2.15. The number of pyridine rings is 1. The second-order valence-corrected chi connectivity index (χ2v) is 6.44. The van der Waals surface area contributed by atoms with Crippen LogP contribution >= 0.6 is 0 Å². The second-order valence-electron chi connectivity index (χ2n) is 6.44. The molecule has 0 aliphatic carbocycles. The van der Waals surface area contributed by atoms with Crippen LogP contribution in [0, 0.1) is 5.82 Å². The number of aryl methyl sites for hydroxylation is 1. The highest BCUT2D eigenvalue weighted by Crippen LogP contribution is 2.33. The average Bonchev–Trinajstić information content (AvgIpc) is 2.96. The normalized spacial score (nSPS) is 11.4. The Morgan fingerprint density at radius 3 is 2.64 bits per heavy atom. The van der Waals surface area contributed by atoms with E-state index >= 15 is 0 Å². The number of likely N-dealkylation sites (N-methyl/N-ethyl adjacent to an activating group) is 1. The number of ether oxygens (including phenoxy) is 1. The molecule has 0 spiro atoms. The van der Waals surface area contributed by atoms with E-state index in [-0.39, 0.29) is 5.82 Å². The van der Waals surface area contributed by atoms with Gasteiger partial charge in [0.15, 0.2) is 0 Å². The molecule has 0 radical (unpaired) electrons. The zero-order valence-electron chi connectivity index (χ0n) is 15.0. The molecule has 0 unspecified atom stereocenters. The summed E-state index contributed by atoms with van der Waals surface area (Å²) in [6.07, 6.45) is 6.48. The van der Waals surface area contributed by atoms with Crippen LogP contribution in [0.25, 0.3) is 10.9 Å². The Morgan fingerprint density at radius 1 is 1.20 bits per heavy atom. The van der Waals surface area contributed by atoms with Crippen molar-refractivity contribution in [3.8, 4) is 5.75 Å². The first kappa shape index (κ1) is 17.4. The van der Waals surface area contributed by atoms with Gasteiger partial charge in [-0.05, 0) is 56.8 Å². The van der Waals surface area contributed by atoms with Crippen molar-refractivity contribution in [3.63, 3.8) is 0 Å². The lowest BCUT2D eigenvalue weighted by Gasteiger charge is -2.12. The first-order valence-corrected chi connectivity index (χ1v) is 8.56. The third kappa shape index (κ3) is 3.99. The number of fused-ring (bicyclic) bond motifs is 1. The number of benzene rings is 1. The van der Waals surface area contributed by atoms with Crippen LogP contribution in [0.3, 0.4) is 0 Å². The minimum Gasteiger partial charge on any atom is -0.488 e. The van der Waals surface area contributed by atoms with E-state index in [4.69, 9.17) is 4.74 Å². The van der Waals surface area contributed by atoms with E-state index in [1.165, 1.54) is 11.6 Å². The Balaban J connectivity index is 1.98. The van der Waals surface area contributed by atoms with Gasteiger partial charge in [-0.25, -0.2) is 4.39 Å². The molecule has 0 aliphatic rings. The smallest absolute Gasteiger partial charge is 0.132 e. The molecular formula is C20H24FN3O. The average molecular weight is 341 g/mol. The topological polar surface area (TPSA) is 30.3 Å². The number of aromatic nitrogens is 2. The first-order valence-electron chi connectivity index (χ1n) is 8.56. The van der Waals surface area contributed by atoms with E-state index in [0.717, 1.165) is 36.0 Å². The lowest BCUT2D eigenvalue weighted by atomic mass is 10.1. The van der Waals surface area contributed by atoms with Crippen LogP contribution in [0.2, 0.25) is 0 Å². The van der Waals surface area contributed by atoms with Gasteiger partial charge in [-0.2, -0.15) is 0 Å². The highest BCUT2D eigenvalue weighted by atomic mass is 19.1. The van der Waals surface area contributed by atoms with Crippen LogP contribution in [-0.2, 0) is 19.6 Å². The van der Waals surface area contributed by atoms with Gasteiger partial charge in [-0.3, -0.25) is 4.98 Å². The summed E-state index contributed by atoms with van der Waals surface area (Å²) in [6, 6.07) is 6.89. The van der Waals surface area contributed by atoms with Crippen LogP contribution in [0.5, 0.6) is 5.75 Å². The van der Waals surface area contributed by atoms with Crippen molar-refractivity contribution in [3.05, 3.63) is 59.8 Å². The van der Waals surface area contributed by atoms with Gasteiger partial charge in [0, 0.05) is 43.1 Å². The number of hydrogen-bond donors (Lipinski definition) is 0. The summed E-state index contributed by atoms with van der Waals surface area (Å²) in [6.45, 7) is 4.19. The van der Waals surface area contributed by atoms with Crippen molar-refractivity contribution in [1.82, 2.24) is 14.5 Å². The molecule has 0 atom stereocenters. The van der Waals surface area contributed by atoms with E-state index in [0.29, 0.717) is 12.4 Å². The summed E-state index contributed by atoms with van der Waals surface area (Å²) in [5.41, 5.74) is 3.09. The van der Waals surface area contributed by atoms with Gasteiger partial charge in [0.1, 0.15) is 18.2 Å². The number of halogens is 1. The van der Waals surface area contributed by atoms with Crippen molar-refractivity contribution < 1.29 is 9.13 Å². The molecule has 0 N–H and O–H groups in total. The Morgan fingerprint density at radius 2 is 1.96 bits per heavy atom. The van der Waals surface area contributed by atoms with Crippen molar-refractivity contribution in [2.75, 3.05) is 20.6 Å². The highest BCUT2D eigenvalue weighted by molar-refractivity contribution is 5.90. The lowest BCUT2D eigenvalue weighted by molar-refractivity contribution is 0.308. The van der Waals surface area contributed by atoms with Crippen LogP contribution in [0.15, 0.2) is 42.9 Å². The Labute approximate surface area is 147 Å². The molecule has 2 aromatic heterocycles. The van der Waals surface area contributed by atoms with E-state index in [1.807, 2.05) is 12.1 Å². The van der Waals surface area contributed by atoms with Gasteiger partial charge in [-0.1, -0.05) is 0 Å². The maximum absolute atomic E-state index is 14.2. The van der Waals surface area contributed by atoms with Crippen molar-refractivity contribution in [2.45, 2.75) is 26.5 Å². The second kappa shape index (κ2) is 7.66. The third-order valence-corrected chi connectivity index (χ3v) is 4.30. The van der Waals surface area contributed by atoms with Crippen LogP contribution in [0.1, 0.15) is 18.1 Å².